The van der Waals surface area contributed by atoms with Crippen LogP contribution < -0.4 is 0 Å². The second kappa shape index (κ2) is 6.98. The van der Waals surface area contributed by atoms with Crippen LogP contribution in [0, 0.1) is 11.6 Å². The van der Waals surface area contributed by atoms with Gasteiger partial charge in [0.05, 0.1) is 0 Å². The number of aliphatic carboxylic acids is 1. The number of amides is 1. The van der Waals surface area contributed by atoms with Gasteiger partial charge in [-0.05, 0) is 44.0 Å². The summed E-state index contributed by atoms with van der Waals surface area (Å²) in [6.45, 7) is 3.00. The molecule has 0 saturated carbocycles. The Morgan fingerprint density at radius 3 is 2.50 bits per heavy atom. The fourth-order valence-corrected chi connectivity index (χ4v) is 1.82. The largest absolute Gasteiger partial charge is 0.480 e. The average molecular weight is 285 g/mol. The molecule has 1 aromatic rings. The van der Waals surface area contributed by atoms with Crippen molar-refractivity contribution in [2.45, 2.75) is 32.7 Å². The van der Waals surface area contributed by atoms with Crippen LogP contribution in [0.5, 0.6) is 0 Å². The Kier molecular flexibility index (Phi) is 5.61. The molecule has 0 bridgehead atoms. The number of aryl methyl sites for hydroxylation is 1. The molecule has 1 amide bonds. The molecule has 0 unspecified atom stereocenters. The molecule has 4 nitrogen and oxygen atoms in total. The molecule has 1 rings (SSSR count). The highest BCUT2D eigenvalue weighted by atomic mass is 19.1. The van der Waals surface area contributed by atoms with Gasteiger partial charge in [0.15, 0.2) is 0 Å². The van der Waals surface area contributed by atoms with Crippen LogP contribution >= 0.6 is 0 Å². The van der Waals surface area contributed by atoms with Crippen molar-refractivity contribution in [3.05, 3.63) is 35.4 Å². The summed E-state index contributed by atoms with van der Waals surface area (Å²) in [6.07, 6.45) is -0.0307. The molecule has 0 aliphatic carbocycles. The summed E-state index contributed by atoms with van der Waals surface area (Å²) in [5.74, 6) is -2.65. The summed E-state index contributed by atoms with van der Waals surface area (Å²) in [4.78, 5) is 23.8. The van der Waals surface area contributed by atoms with E-state index in [4.69, 9.17) is 5.11 Å². The number of nitrogens with zero attached hydrogens (tertiary/aromatic N) is 1. The number of carbonyl (C=O) groups excluding carboxylic acids is 1. The van der Waals surface area contributed by atoms with E-state index in [1.807, 2.05) is 0 Å². The molecule has 6 heteroatoms. The summed E-state index contributed by atoms with van der Waals surface area (Å²) >= 11 is 0. The van der Waals surface area contributed by atoms with Crippen LogP contribution in [0.4, 0.5) is 8.78 Å². The van der Waals surface area contributed by atoms with Gasteiger partial charge in [0.1, 0.15) is 18.2 Å². The third-order valence-corrected chi connectivity index (χ3v) is 2.87. The second-order valence-electron chi connectivity index (χ2n) is 4.74. The molecular formula is C14H17F2NO3. The van der Waals surface area contributed by atoms with Crippen molar-refractivity contribution in [1.82, 2.24) is 4.90 Å². The summed E-state index contributed by atoms with van der Waals surface area (Å²) in [6, 6.07) is 2.79. The maximum atomic E-state index is 13.4. The normalized spacial score (nSPS) is 10.7. The molecule has 0 saturated heterocycles. The van der Waals surface area contributed by atoms with Gasteiger partial charge in [0, 0.05) is 12.5 Å². The van der Waals surface area contributed by atoms with Crippen LogP contribution in [0.3, 0.4) is 0 Å². The molecular weight excluding hydrogens is 268 g/mol. The highest BCUT2D eigenvalue weighted by molar-refractivity contribution is 5.81. The SMILES string of the molecule is CC(C)N(CC(=O)O)C(=O)CCc1cc(F)ccc1F. The average Bonchev–Trinajstić information content (AvgIpc) is 2.36. The Morgan fingerprint density at radius 2 is 1.95 bits per heavy atom. The van der Waals surface area contributed by atoms with Gasteiger partial charge >= 0.3 is 5.97 Å². The van der Waals surface area contributed by atoms with Crippen LogP contribution in [0.1, 0.15) is 25.8 Å². The molecule has 20 heavy (non-hydrogen) atoms. The first-order chi connectivity index (χ1) is 9.31. The summed E-state index contributed by atoms with van der Waals surface area (Å²) in [7, 11) is 0. The lowest BCUT2D eigenvalue weighted by atomic mass is 10.1. The van der Waals surface area contributed by atoms with Gasteiger partial charge in [-0.1, -0.05) is 0 Å². The minimum Gasteiger partial charge on any atom is -0.480 e. The predicted octanol–water partition coefficient (Wildman–Crippen LogP) is 2.22. The van der Waals surface area contributed by atoms with E-state index in [1.165, 1.54) is 4.90 Å². The van der Waals surface area contributed by atoms with Crippen LogP contribution in [0.2, 0.25) is 0 Å². The Hall–Kier alpha value is -1.98. The second-order valence-corrected chi connectivity index (χ2v) is 4.74. The first-order valence-electron chi connectivity index (χ1n) is 6.26. The zero-order valence-electron chi connectivity index (χ0n) is 11.4. The van der Waals surface area contributed by atoms with Crippen LogP contribution in [0.15, 0.2) is 18.2 Å². The molecule has 0 aliphatic heterocycles. The van der Waals surface area contributed by atoms with Crippen molar-refractivity contribution in [3.8, 4) is 0 Å². The molecule has 0 aromatic heterocycles. The highest BCUT2D eigenvalue weighted by Gasteiger charge is 2.20. The van der Waals surface area contributed by atoms with Crippen molar-refractivity contribution in [2.75, 3.05) is 6.54 Å². The monoisotopic (exact) mass is 285 g/mol. The fourth-order valence-electron chi connectivity index (χ4n) is 1.82. The van der Waals surface area contributed by atoms with Crippen LogP contribution in [-0.2, 0) is 16.0 Å². The van der Waals surface area contributed by atoms with Crippen molar-refractivity contribution in [1.29, 1.82) is 0 Å². The van der Waals surface area contributed by atoms with Crippen LogP contribution in [-0.4, -0.2) is 34.5 Å². The smallest absolute Gasteiger partial charge is 0.323 e. The van der Waals surface area contributed by atoms with E-state index in [1.54, 1.807) is 13.8 Å². The van der Waals surface area contributed by atoms with Gasteiger partial charge in [-0.15, -0.1) is 0 Å². The number of hydrogen-bond donors (Lipinski definition) is 1. The molecule has 0 fully saturated rings. The molecule has 0 aliphatic rings. The summed E-state index contributed by atoms with van der Waals surface area (Å²) < 4.78 is 26.4. The number of carboxylic acid groups (broad SMARTS) is 1. The van der Waals surface area contributed by atoms with E-state index >= 15 is 0 Å². The number of halogens is 2. The van der Waals surface area contributed by atoms with E-state index in [0.29, 0.717) is 0 Å². The maximum Gasteiger partial charge on any atom is 0.323 e. The third kappa shape index (κ3) is 4.60. The zero-order chi connectivity index (χ0) is 15.3. The molecule has 0 heterocycles. The summed E-state index contributed by atoms with van der Waals surface area (Å²) in [5, 5.41) is 8.74. The molecule has 1 N–H and O–H groups in total. The minimum atomic E-state index is -1.11. The van der Waals surface area contributed by atoms with Crippen molar-refractivity contribution >= 4 is 11.9 Å². The Morgan fingerprint density at radius 1 is 1.30 bits per heavy atom. The molecule has 1 aromatic carbocycles. The van der Waals surface area contributed by atoms with E-state index in [0.717, 1.165) is 18.2 Å². The maximum absolute atomic E-state index is 13.4. The zero-order valence-corrected chi connectivity index (χ0v) is 11.4. The van der Waals surface area contributed by atoms with E-state index in [2.05, 4.69) is 0 Å². The number of benzene rings is 1. The molecule has 110 valence electrons. The van der Waals surface area contributed by atoms with Crippen molar-refractivity contribution in [2.24, 2.45) is 0 Å². The number of rotatable bonds is 6. The third-order valence-electron chi connectivity index (χ3n) is 2.87. The van der Waals surface area contributed by atoms with E-state index in [-0.39, 0.29) is 24.4 Å². The highest BCUT2D eigenvalue weighted by Crippen LogP contribution is 2.13. The minimum absolute atomic E-state index is 0.0330. The van der Waals surface area contributed by atoms with Gasteiger partial charge < -0.3 is 10.0 Å². The number of carbonyl (C=O) groups is 2. The Bertz CT molecular complexity index is 503. The predicted molar refractivity (Wildman–Crippen MR) is 69.2 cm³/mol. The van der Waals surface area contributed by atoms with Crippen LogP contribution in [0.25, 0.3) is 0 Å². The summed E-state index contributed by atoms with van der Waals surface area (Å²) in [5.41, 5.74) is 0.109. The van der Waals surface area contributed by atoms with Gasteiger partial charge in [-0.2, -0.15) is 0 Å². The van der Waals surface area contributed by atoms with E-state index in [9.17, 15) is 18.4 Å². The first-order valence-corrected chi connectivity index (χ1v) is 6.26. The number of carboxylic acids is 1. The Balaban J connectivity index is 2.69. The lowest BCUT2D eigenvalue weighted by Gasteiger charge is -2.24. The lowest BCUT2D eigenvalue weighted by Crippen LogP contribution is -2.40. The Labute approximate surface area is 116 Å². The van der Waals surface area contributed by atoms with Crippen molar-refractivity contribution in [3.63, 3.8) is 0 Å². The fraction of sp³-hybridized carbons (Fsp3) is 0.429. The standard InChI is InChI=1S/C14H17F2NO3/c1-9(2)17(8-14(19)20)13(18)6-3-10-7-11(15)4-5-12(10)16/h4-5,7,9H,3,6,8H2,1-2H3,(H,19,20). The molecule has 0 radical (unpaired) electrons. The van der Waals surface area contributed by atoms with Crippen molar-refractivity contribution < 1.29 is 23.5 Å². The van der Waals surface area contributed by atoms with Gasteiger partial charge in [-0.25, -0.2) is 8.78 Å². The van der Waals surface area contributed by atoms with E-state index < -0.39 is 30.1 Å². The molecule has 0 atom stereocenters. The first kappa shape index (κ1) is 16.1. The molecule has 0 spiro atoms. The van der Waals surface area contributed by atoms with Gasteiger partial charge in [0.2, 0.25) is 5.91 Å². The topological polar surface area (TPSA) is 57.6 Å². The quantitative estimate of drug-likeness (QED) is 0.872. The number of hydrogen-bond acceptors (Lipinski definition) is 2. The van der Waals surface area contributed by atoms with Gasteiger partial charge in [-0.3, -0.25) is 9.59 Å². The van der Waals surface area contributed by atoms with Gasteiger partial charge in [0.25, 0.3) is 0 Å². The lowest BCUT2D eigenvalue weighted by molar-refractivity contribution is -0.145.